The number of rotatable bonds is 11. The van der Waals surface area contributed by atoms with Crippen molar-refractivity contribution < 1.29 is 9.59 Å². The summed E-state index contributed by atoms with van der Waals surface area (Å²) in [5.74, 6) is 0.251. The maximum absolute atomic E-state index is 13.7. The fourth-order valence-electron chi connectivity index (χ4n) is 6.44. The average molecular weight is 534 g/mol. The van der Waals surface area contributed by atoms with Gasteiger partial charge in [-0.1, -0.05) is 57.4 Å². The maximum Gasteiger partial charge on any atom is 0.272 e. The molecular formula is C32H47N5O2. The van der Waals surface area contributed by atoms with E-state index in [1.807, 2.05) is 6.07 Å². The maximum atomic E-state index is 13.7. The molecular weight excluding hydrogens is 486 g/mol. The first-order chi connectivity index (χ1) is 19.0. The van der Waals surface area contributed by atoms with E-state index in [1.54, 1.807) is 0 Å². The van der Waals surface area contributed by atoms with Crippen LogP contribution in [0.15, 0.2) is 30.3 Å². The SMILES string of the molecule is CC(C)c1ccccc1-c1cc(C(=O)NC(CCN2CCCCC2)CC(=O)NC2CCC2)nn1C1CCCC1. The van der Waals surface area contributed by atoms with Crippen LogP contribution in [-0.4, -0.2) is 58.2 Å². The summed E-state index contributed by atoms with van der Waals surface area (Å²) in [4.78, 5) is 29.0. The summed E-state index contributed by atoms with van der Waals surface area (Å²) in [6.07, 6.45) is 12.8. The monoisotopic (exact) mass is 533 g/mol. The van der Waals surface area contributed by atoms with Gasteiger partial charge in [-0.05, 0) is 82.0 Å². The first kappa shape index (κ1) is 27.9. The topological polar surface area (TPSA) is 79.3 Å². The Labute approximate surface area is 234 Å². The lowest BCUT2D eigenvalue weighted by molar-refractivity contribution is -0.122. The summed E-state index contributed by atoms with van der Waals surface area (Å²) in [5.41, 5.74) is 3.92. The van der Waals surface area contributed by atoms with E-state index in [0.717, 1.165) is 63.0 Å². The van der Waals surface area contributed by atoms with E-state index in [0.29, 0.717) is 30.1 Å². The van der Waals surface area contributed by atoms with Crippen LogP contribution in [0.2, 0.25) is 0 Å². The molecule has 2 N–H and O–H groups in total. The number of hydrogen-bond donors (Lipinski definition) is 2. The number of carbonyl (C=O) groups excluding carboxylic acids is 2. The van der Waals surface area contributed by atoms with E-state index >= 15 is 0 Å². The number of hydrogen-bond acceptors (Lipinski definition) is 4. The van der Waals surface area contributed by atoms with Crippen LogP contribution in [0.4, 0.5) is 0 Å². The number of amides is 2. The normalized spacial score (nSPS) is 19.7. The highest BCUT2D eigenvalue weighted by atomic mass is 16.2. The van der Waals surface area contributed by atoms with E-state index in [-0.39, 0.29) is 17.9 Å². The average Bonchev–Trinajstić information content (AvgIpc) is 3.60. The fourth-order valence-corrected chi connectivity index (χ4v) is 6.44. The molecule has 7 heteroatoms. The minimum absolute atomic E-state index is 0.0479. The van der Waals surface area contributed by atoms with Crippen LogP contribution < -0.4 is 10.6 Å². The third-order valence-corrected chi connectivity index (χ3v) is 8.98. The highest BCUT2D eigenvalue weighted by Crippen LogP contribution is 2.36. The summed E-state index contributed by atoms with van der Waals surface area (Å²) < 4.78 is 2.12. The molecule has 3 aliphatic rings. The van der Waals surface area contributed by atoms with Gasteiger partial charge in [0.2, 0.25) is 5.91 Å². The molecule has 1 atom stereocenters. The Morgan fingerprint density at radius 2 is 1.72 bits per heavy atom. The zero-order valence-corrected chi connectivity index (χ0v) is 24.0. The summed E-state index contributed by atoms with van der Waals surface area (Å²) >= 11 is 0. The van der Waals surface area contributed by atoms with Gasteiger partial charge in [0.1, 0.15) is 0 Å². The Morgan fingerprint density at radius 3 is 2.41 bits per heavy atom. The lowest BCUT2D eigenvalue weighted by Gasteiger charge is -2.29. The molecule has 0 bridgehead atoms. The molecule has 39 heavy (non-hydrogen) atoms. The van der Waals surface area contributed by atoms with Gasteiger partial charge in [-0.2, -0.15) is 5.10 Å². The van der Waals surface area contributed by atoms with Gasteiger partial charge in [-0.15, -0.1) is 0 Å². The van der Waals surface area contributed by atoms with Crippen molar-refractivity contribution in [2.75, 3.05) is 19.6 Å². The third kappa shape index (κ3) is 7.10. The summed E-state index contributed by atoms with van der Waals surface area (Å²) in [7, 11) is 0. The molecule has 5 rings (SSSR count). The van der Waals surface area contributed by atoms with E-state index in [9.17, 15) is 9.59 Å². The Bertz CT molecular complexity index is 1110. The molecule has 1 aliphatic heterocycles. The number of likely N-dealkylation sites (tertiary alicyclic amines) is 1. The fraction of sp³-hybridized carbons (Fsp3) is 0.656. The van der Waals surface area contributed by atoms with Gasteiger partial charge in [0, 0.05) is 30.6 Å². The summed E-state index contributed by atoms with van der Waals surface area (Å²) in [6.45, 7) is 7.55. The van der Waals surface area contributed by atoms with Gasteiger partial charge in [0.15, 0.2) is 5.69 Å². The molecule has 2 aromatic rings. The Hall–Kier alpha value is -2.67. The van der Waals surface area contributed by atoms with Gasteiger partial charge >= 0.3 is 0 Å². The van der Waals surface area contributed by atoms with E-state index < -0.39 is 0 Å². The zero-order chi connectivity index (χ0) is 27.2. The second-order valence-electron chi connectivity index (χ2n) is 12.3. The highest BCUT2D eigenvalue weighted by Gasteiger charge is 2.28. The van der Waals surface area contributed by atoms with Crippen molar-refractivity contribution in [2.24, 2.45) is 0 Å². The standard InChI is InChI=1S/C32H47N5O2/c1-23(2)27-15-6-7-16-28(27)30-22-29(35-37(30)26-13-4-5-14-26)32(39)34-25(17-20-36-18-8-3-9-19-36)21-31(38)33-24-11-10-12-24/h6-7,15-16,22-26H,3-5,8-14,17-21H2,1-2H3,(H,33,38)(H,34,39). The van der Waals surface area contributed by atoms with Crippen molar-refractivity contribution in [3.63, 3.8) is 0 Å². The molecule has 2 aliphatic carbocycles. The van der Waals surface area contributed by atoms with Crippen LogP contribution in [-0.2, 0) is 4.79 Å². The minimum atomic E-state index is -0.206. The molecule has 1 aromatic heterocycles. The van der Waals surface area contributed by atoms with Crippen LogP contribution in [0.5, 0.6) is 0 Å². The van der Waals surface area contributed by atoms with Crippen molar-refractivity contribution in [2.45, 2.75) is 115 Å². The summed E-state index contributed by atoms with van der Waals surface area (Å²) in [6, 6.07) is 10.9. The predicted octanol–water partition coefficient (Wildman–Crippen LogP) is 5.82. The van der Waals surface area contributed by atoms with Gasteiger partial charge in [-0.25, -0.2) is 0 Å². The largest absolute Gasteiger partial charge is 0.353 e. The van der Waals surface area contributed by atoms with Crippen molar-refractivity contribution in [1.82, 2.24) is 25.3 Å². The van der Waals surface area contributed by atoms with Gasteiger partial charge < -0.3 is 15.5 Å². The number of aromatic nitrogens is 2. The summed E-state index contributed by atoms with van der Waals surface area (Å²) in [5, 5.41) is 11.3. The molecule has 1 aromatic carbocycles. The molecule has 212 valence electrons. The first-order valence-corrected chi connectivity index (χ1v) is 15.5. The first-order valence-electron chi connectivity index (χ1n) is 15.5. The van der Waals surface area contributed by atoms with E-state index in [2.05, 4.69) is 58.3 Å². The number of benzene rings is 1. The van der Waals surface area contributed by atoms with Crippen LogP contribution in [0, 0.1) is 0 Å². The van der Waals surface area contributed by atoms with Crippen molar-refractivity contribution >= 4 is 11.8 Å². The van der Waals surface area contributed by atoms with Crippen LogP contribution >= 0.6 is 0 Å². The van der Waals surface area contributed by atoms with Crippen LogP contribution in [0.1, 0.15) is 119 Å². The number of piperidine rings is 1. The number of carbonyl (C=O) groups is 2. The second kappa shape index (κ2) is 13.1. The molecule has 3 fully saturated rings. The van der Waals surface area contributed by atoms with Gasteiger partial charge in [0.25, 0.3) is 5.91 Å². The predicted molar refractivity (Wildman–Crippen MR) is 156 cm³/mol. The molecule has 2 heterocycles. The third-order valence-electron chi connectivity index (χ3n) is 8.98. The van der Waals surface area contributed by atoms with Crippen molar-refractivity contribution in [3.8, 4) is 11.3 Å². The molecule has 1 unspecified atom stereocenters. The van der Waals surface area contributed by atoms with Gasteiger partial charge in [-0.3, -0.25) is 14.3 Å². The molecule has 0 radical (unpaired) electrons. The molecule has 2 amide bonds. The Balaban J connectivity index is 1.35. The second-order valence-corrected chi connectivity index (χ2v) is 12.3. The molecule has 1 saturated heterocycles. The minimum Gasteiger partial charge on any atom is -0.353 e. The smallest absolute Gasteiger partial charge is 0.272 e. The van der Waals surface area contributed by atoms with Gasteiger partial charge in [0.05, 0.1) is 11.7 Å². The van der Waals surface area contributed by atoms with Crippen molar-refractivity contribution in [3.05, 3.63) is 41.6 Å². The van der Waals surface area contributed by atoms with Crippen LogP contribution in [0.3, 0.4) is 0 Å². The van der Waals surface area contributed by atoms with E-state index in [1.165, 1.54) is 44.1 Å². The lowest BCUT2D eigenvalue weighted by atomic mass is 9.93. The van der Waals surface area contributed by atoms with Crippen LogP contribution in [0.25, 0.3) is 11.3 Å². The quantitative estimate of drug-likeness (QED) is 0.381. The molecule has 0 spiro atoms. The number of nitrogens with zero attached hydrogens (tertiary/aromatic N) is 3. The Kier molecular flexibility index (Phi) is 9.38. The van der Waals surface area contributed by atoms with E-state index in [4.69, 9.17) is 5.10 Å². The Morgan fingerprint density at radius 1 is 0.974 bits per heavy atom. The molecule has 2 saturated carbocycles. The number of nitrogens with one attached hydrogen (secondary N) is 2. The van der Waals surface area contributed by atoms with Crippen molar-refractivity contribution in [1.29, 1.82) is 0 Å². The zero-order valence-electron chi connectivity index (χ0n) is 24.0. The highest BCUT2D eigenvalue weighted by molar-refractivity contribution is 5.94. The molecule has 7 nitrogen and oxygen atoms in total. The lowest BCUT2D eigenvalue weighted by Crippen LogP contribution is -2.45.